The summed E-state index contributed by atoms with van der Waals surface area (Å²) in [6.45, 7) is 9.30. The predicted octanol–water partition coefficient (Wildman–Crippen LogP) is 1.56. The number of hydrogen-bond donors (Lipinski definition) is 1. The Balaban J connectivity index is 1.73. The van der Waals surface area contributed by atoms with E-state index in [1.807, 2.05) is 17.2 Å². The molecule has 0 aromatic carbocycles. The Kier molecular flexibility index (Phi) is 5.35. The monoisotopic (exact) mass is 276 g/mol. The van der Waals surface area contributed by atoms with Gasteiger partial charge in [0.2, 0.25) is 0 Å². The number of carbonyl (C=O) groups is 1. The second kappa shape index (κ2) is 7.24. The molecular formula is C15H24N4O. The number of pyridine rings is 1. The fourth-order valence-electron chi connectivity index (χ4n) is 2.26. The zero-order valence-electron chi connectivity index (χ0n) is 12.4. The van der Waals surface area contributed by atoms with Crippen molar-refractivity contribution < 1.29 is 4.79 Å². The minimum Gasteiger partial charge on any atom is -0.338 e. The van der Waals surface area contributed by atoms with Crippen LogP contribution in [-0.4, -0.2) is 53.5 Å². The number of aromatic nitrogens is 1. The number of urea groups is 1. The van der Waals surface area contributed by atoms with Crippen LogP contribution in [0.4, 0.5) is 4.79 Å². The van der Waals surface area contributed by atoms with Crippen LogP contribution in [0.15, 0.2) is 24.5 Å². The lowest BCUT2D eigenvalue weighted by Crippen LogP contribution is -2.51. The molecule has 0 unspecified atom stereocenters. The number of nitrogens with one attached hydrogen (secondary N) is 1. The summed E-state index contributed by atoms with van der Waals surface area (Å²) in [7, 11) is 0. The van der Waals surface area contributed by atoms with E-state index in [0.717, 1.165) is 39.3 Å². The molecule has 2 rings (SSSR count). The molecule has 2 amide bonds. The molecule has 5 nitrogen and oxygen atoms in total. The molecule has 0 atom stereocenters. The van der Waals surface area contributed by atoms with Crippen LogP contribution in [0.1, 0.15) is 19.4 Å². The van der Waals surface area contributed by atoms with Gasteiger partial charge < -0.3 is 10.2 Å². The van der Waals surface area contributed by atoms with Crippen LogP contribution >= 0.6 is 0 Å². The predicted molar refractivity (Wildman–Crippen MR) is 79.3 cm³/mol. The summed E-state index contributed by atoms with van der Waals surface area (Å²) in [5.41, 5.74) is 1.23. The maximum Gasteiger partial charge on any atom is 0.317 e. The van der Waals surface area contributed by atoms with E-state index in [1.54, 1.807) is 6.20 Å². The third kappa shape index (κ3) is 4.49. The van der Waals surface area contributed by atoms with E-state index in [9.17, 15) is 4.79 Å². The Morgan fingerprint density at radius 3 is 2.70 bits per heavy atom. The first-order chi connectivity index (χ1) is 9.65. The maximum atomic E-state index is 12.0. The van der Waals surface area contributed by atoms with E-state index in [-0.39, 0.29) is 6.03 Å². The maximum absolute atomic E-state index is 12.0. The van der Waals surface area contributed by atoms with Crippen molar-refractivity contribution in [3.63, 3.8) is 0 Å². The summed E-state index contributed by atoms with van der Waals surface area (Å²) >= 11 is 0. The van der Waals surface area contributed by atoms with E-state index in [1.165, 1.54) is 5.56 Å². The van der Waals surface area contributed by atoms with Crippen molar-refractivity contribution in [2.45, 2.75) is 20.4 Å². The molecule has 1 aromatic rings. The summed E-state index contributed by atoms with van der Waals surface area (Å²) in [6, 6.07) is 4.12. The average molecular weight is 276 g/mol. The molecule has 5 heteroatoms. The highest BCUT2D eigenvalue weighted by Gasteiger charge is 2.20. The third-order valence-electron chi connectivity index (χ3n) is 3.45. The Morgan fingerprint density at radius 2 is 2.10 bits per heavy atom. The van der Waals surface area contributed by atoms with Gasteiger partial charge >= 0.3 is 6.03 Å². The summed E-state index contributed by atoms with van der Waals surface area (Å²) < 4.78 is 0. The molecule has 0 saturated carbocycles. The molecule has 1 N–H and O–H groups in total. The molecule has 0 spiro atoms. The first-order valence-electron chi connectivity index (χ1n) is 7.29. The van der Waals surface area contributed by atoms with Crippen molar-refractivity contribution in [1.82, 2.24) is 20.1 Å². The van der Waals surface area contributed by atoms with E-state index < -0.39 is 0 Å². The number of piperazine rings is 1. The molecular weight excluding hydrogens is 252 g/mol. The summed E-state index contributed by atoms with van der Waals surface area (Å²) in [5, 5.41) is 2.97. The normalized spacial score (nSPS) is 16.4. The topological polar surface area (TPSA) is 48.5 Å². The van der Waals surface area contributed by atoms with Crippen LogP contribution in [0.2, 0.25) is 0 Å². The molecule has 0 aliphatic carbocycles. The zero-order valence-corrected chi connectivity index (χ0v) is 12.4. The third-order valence-corrected chi connectivity index (χ3v) is 3.45. The zero-order chi connectivity index (χ0) is 14.4. The number of rotatable bonds is 4. The molecule has 20 heavy (non-hydrogen) atoms. The highest BCUT2D eigenvalue weighted by atomic mass is 16.2. The summed E-state index contributed by atoms with van der Waals surface area (Å²) in [5.74, 6) is 0.491. The van der Waals surface area contributed by atoms with E-state index in [4.69, 9.17) is 0 Å². The minimum atomic E-state index is 0.0692. The lowest BCUT2D eigenvalue weighted by atomic mass is 10.2. The van der Waals surface area contributed by atoms with Crippen molar-refractivity contribution in [2.75, 3.05) is 32.7 Å². The number of hydrogen-bond acceptors (Lipinski definition) is 3. The number of carbonyl (C=O) groups excluding carboxylic acids is 1. The van der Waals surface area contributed by atoms with Gasteiger partial charge in [-0.1, -0.05) is 19.9 Å². The second-order valence-electron chi connectivity index (χ2n) is 5.70. The van der Waals surface area contributed by atoms with E-state index in [0.29, 0.717) is 5.92 Å². The molecule has 1 aliphatic rings. The number of amides is 2. The van der Waals surface area contributed by atoms with Crippen LogP contribution < -0.4 is 5.32 Å². The number of nitrogens with zero attached hydrogens (tertiary/aromatic N) is 3. The van der Waals surface area contributed by atoms with Crippen molar-refractivity contribution >= 4 is 6.03 Å². The van der Waals surface area contributed by atoms with E-state index >= 15 is 0 Å². The molecule has 1 aliphatic heterocycles. The first kappa shape index (κ1) is 14.8. The Bertz CT molecular complexity index is 413. The van der Waals surface area contributed by atoms with Crippen LogP contribution in [0.3, 0.4) is 0 Å². The lowest BCUT2D eigenvalue weighted by molar-refractivity contribution is 0.134. The average Bonchev–Trinajstić information content (AvgIpc) is 2.46. The van der Waals surface area contributed by atoms with Gasteiger partial charge in [0.1, 0.15) is 0 Å². The van der Waals surface area contributed by atoms with Gasteiger partial charge in [0.25, 0.3) is 0 Å². The SMILES string of the molecule is CC(C)CNC(=O)N1CCN(Cc2cccnc2)CC1. The van der Waals surface area contributed by atoms with Gasteiger partial charge in [-0.15, -0.1) is 0 Å². The second-order valence-corrected chi connectivity index (χ2v) is 5.70. The van der Waals surface area contributed by atoms with Crippen molar-refractivity contribution in [1.29, 1.82) is 0 Å². The van der Waals surface area contributed by atoms with Gasteiger partial charge in [-0.2, -0.15) is 0 Å². The van der Waals surface area contributed by atoms with Crippen LogP contribution in [0.25, 0.3) is 0 Å². The Morgan fingerprint density at radius 1 is 1.35 bits per heavy atom. The van der Waals surface area contributed by atoms with Crippen LogP contribution in [0.5, 0.6) is 0 Å². The fraction of sp³-hybridized carbons (Fsp3) is 0.600. The van der Waals surface area contributed by atoms with Crippen LogP contribution in [-0.2, 0) is 6.54 Å². The minimum absolute atomic E-state index is 0.0692. The molecule has 1 fully saturated rings. The van der Waals surface area contributed by atoms with Crippen molar-refractivity contribution in [3.05, 3.63) is 30.1 Å². The Hall–Kier alpha value is -1.62. The highest BCUT2D eigenvalue weighted by Crippen LogP contribution is 2.07. The molecule has 1 aromatic heterocycles. The van der Waals surface area contributed by atoms with Gasteiger partial charge in [-0.05, 0) is 17.5 Å². The molecule has 1 saturated heterocycles. The largest absolute Gasteiger partial charge is 0.338 e. The van der Waals surface area contributed by atoms with Gasteiger partial charge in [0, 0.05) is 51.7 Å². The summed E-state index contributed by atoms with van der Waals surface area (Å²) in [6.07, 6.45) is 3.70. The van der Waals surface area contributed by atoms with Crippen molar-refractivity contribution in [2.24, 2.45) is 5.92 Å². The van der Waals surface area contributed by atoms with Gasteiger partial charge in [-0.25, -0.2) is 4.79 Å². The lowest BCUT2D eigenvalue weighted by Gasteiger charge is -2.34. The van der Waals surface area contributed by atoms with Gasteiger partial charge in [0.15, 0.2) is 0 Å². The van der Waals surface area contributed by atoms with Crippen molar-refractivity contribution in [3.8, 4) is 0 Å². The molecule has 110 valence electrons. The molecule has 0 bridgehead atoms. The first-order valence-corrected chi connectivity index (χ1v) is 7.29. The van der Waals surface area contributed by atoms with Gasteiger partial charge in [0.05, 0.1) is 0 Å². The van der Waals surface area contributed by atoms with E-state index in [2.05, 4.69) is 35.1 Å². The molecule has 2 heterocycles. The van der Waals surface area contributed by atoms with Gasteiger partial charge in [-0.3, -0.25) is 9.88 Å². The quantitative estimate of drug-likeness (QED) is 0.908. The Labute approximate surface area is 121 Å². The standard InChI is InChI=1S/C15H24N4O/c1-13(2)10-17-15(20)19-8-6-18(7-9-19)12-14-4-3-5-16-11-14/h3-5,11,13H,6-10,12H2,1-2H3,(H,17,20). The molecule has 0 radical (unpaired) electrons. The fourth-order valence-corrected chi connectivity index (χ4v) is 2.26. The summed E-state index contributed by atoms with van der Waals surface area (Å²) in [4.78, 5) is 20.4. The smallest absolute Gasteiger partial charge is 0.317 e. The van der Waals surface area contributed by atoms with Crippen LogP contribution in [0, 0.1) is 5.92 Å². The highest BCUT2D eigenvalue weighted by molar-refractivity contribution is 5.74.